The molecule has 4 rings (SSSR count). The van der Waals surface area contributed by atoms with Crippen LogP contribution < -0.4 is 9.80 Å². The second-order valence-corrected chi connectivity index (χ2v) is 8.49. The Bertz CT molecular complexity index is 829. The van der Waals surface area contributed by atoms with Crippen LogP contribution in [0.15, 0.2) is 60.7 Å². The standard InChI is InChI=1S/C18H14N2O2S3/c21-14-11-24-17(19(14)12-7-3-1-4-8-12)15-16(22)20(18(23)25-15)13-9-5-2-6-10-13/h1-10,15,17H,11H2. The third kappa shape index (κ3) is 2.96. The number of anilines is 2. The Hall–Kier alpha value is -1.83. The van der Waals surface area contributed by atoms with Gasteiger partial charge in [0.2, 0.25) is 11.8 Å². The minimum Gasteiger partial charge on any atom is -0.298 e. The molecule has 7 heteroatoms. The molecule has 2 aliphatic rings. The average Bonchev–Trinajstić information content (AvgIpc) is 3.16. The molecule has 2 aromatic rings. The highest BCUT2D eigenvalue weighted by Crippen LogP contribution is 2.42. The molecule has 0 saturated carbocycles. The highest BCUT2D eigenvalue weighted by Gasteiger charge is 2.48. The summed E-state index contributed by atoms with van der Waals surface area (Å²) in [6.07, 6.45) is 0. The van der Waals surface area contributed by atoms with Crippen LogP contribution in [0.3, 0.4) is 0 Å². The van der Waals surface area contributed by atoms with E-state index in [0.717, 1.165) is 11.4 Å². The first-order valence-electron chi connectivity index (χ1n) is 7.75. The van der Waals surface area contributed by atoms with E-state index in [4.69, 9.17) is 12.2 Å². The maximum absolute atomic E-state index is 13.1. The molecule has 0 aromatic heterocycles. The van der Waals surface area contributed by atoms with E-state index in [1.54, 1.807) is 9.80 Å². The van der Waals surface area contributed by atoms with E-state index in [1.165, 1.54) is 23.5 Å². The number of nitrogens with zero attached hydrogens (tertiary/aromatic N) is 2. The van der Waals surface area contributed by atoms with Gasteiger partial charge >= 0.3 is 0 Å². The van der Waals surface area contributed by atoms with Crippen molar-refractivity contribution in [2.45, 2.75) is 10.6 Å². The van der Waals surface area contributed by atoms with Crippen LogP contribution in [0.25, 0.3) is 0 Å². The molecule has 2 unspecified atom stereocenters. The second kappa shape index (κ2) is 6.82. The van der Waals surface area contributed by atoms with Gasteiger partial charge in [-0.1, -0.05) is 60.4 Å². The van der Waals surface area contributed by atoms with Crippen molar-refractivity contribution in [1.29, 1.82) is 0 Å². The molecule has 0 radical (unpaired) electrons. The first-order valence-corrected chi connectivity index (χ1v) is 10.1. The van der Waals surface area contributed by atoms with E-state index in [1.807, 2.05) is 60.7 Å². The van der Waals surface area contributed by atoms with Gasteiger partial charge in [-0.3, -0.25) is 19.4 Å². The molecule has 4 nitrogen and oxygen atoms in total. The molecule has 2 saturated heterocycles. The molecule has 2 amide bonds. The van der Waals surface area contributed by atoms with Crippen LogP contribution >= 0.6 is 35.7 Å². The number of carbonyl (C=O) groups is 2. The lowest BCUT2D eigenvalue weighted by Gasteiger charge is -2.27. The summed E-state index contributed by atoms with van der Waals surface area (Å²) in [4.78, 5) is 28.8. The van der Waals surface area contributed by atoms with Crippen molar-refractivity contribution in [2.24, 2.45) is 0 Å². The molecule has 0 aliphatic carbocycles. The van der Waals surface area contributed by atoms with E-state index in [-0.39, 0.29) is 17.2 Å². The van der Waals surface area contributed by atoms with Gasteiger partial charge in [0.15, 0.2) is 0 Å². The Morgan fingerprint density at radius 1 is 0.920 bits per heavy atom. The first-order chi connectivity index (χ1) is 12.2. The molecule has 2 aliphatic heterocycles. The highest BCUT2D eigenvalue weighted by atomic mass is 32.2. The number of amides is 2. The number of rotatable bonds is 3. The molecule has 0 spiro atoms. The van der Waals surface area contributed by atoms with E-state index < -0.39 is 5.25 Å². The SMILES string of the molecule is O=C1C(C2SCC(=O)N2c2ccccc2)SC(=S)N1c1ccccc1. The monoisotopic (exact) mass is 386 g/mol. The van der Waals surface area contributed by atoms with Gasteiger partial charge in [0.25, 0.3) is 0 Å². The molecule has 2 atom stereocenters. The smallest absolute Gasteiger partial charge is 0.249 e. The predicted molar refractivity (Wildman–Crippen MR) is 108 cm³/mol. The highest BCUT2D eigenvalue weighted by molar-refractivity contribution is 8.25. The molecule has 2 heterocycles. The number of thiocarbonyl (C=S) groups is 1. The lowest BCUT2D eigenvalue weighted by Crippen LogP contribution is -2.43. The molecular weight excluding hydrogens is 372 g/mol. The summed E-state index contributed by atoms with van der Waals surface area (Å²) in [5, 5.41) is -0.650. The summed E-state index contributed by atoms with van der Waals surface area (Å²) in [6, 6.07) is 18.9. The predicted octanol–water partition coefficient (Wildman–Crippen LogP) is 3.53. The fraction of sp³-hybridized carbons (Fsp3) is 0.167. The molecule has 0 bridgehead atoms. The number of para-hydroxylation sites is 2. The van der Waals surface area contributed by atoms with Gasteiger partial charge in [0, 0.05) is 5.69 Å². The Morgan fingerprint density at radius 2 is 1.52 bits per heavy atom. The summed E-state index contributed by atoms with van der Waals surface area (Å²) in [6.45, 7) is 0. The number of hydrogen-bond donors (Lipinski definition) is 0. The third-order valence-corrected chi connectivity index (χ3v) is 7.06. The zero-order chi connectivity index (χ0) is 17.4. The van der Waals surface area contributed by atoms with Crippen molar-refractivity contribution in [2.75, 3.05) is 15.6 Å². The fourth-order valence-electron chi connectivity index (χ4n) is 2.96. The number of hydrogen-bond acceptors (Lipinski definition) is 5. The number of carbonyl (C=O) groups excluding carboxylic acids is 2. The zero-order valence-corrected chi connectivity index (χ0v) is 15.5. The van der Waals surface area contributed by atoms with Crippen molar-refractivity contribution < 1.29 is 9.59 Å². The second-order valence-electron chi connectivity index (χ2n) is 5.61. The van der Waals surface area contributed by atoms with Crippen molar-refractivity contribution in [3.8, 4) is 0 Å². The van der Waals surface area contributed by atoms with E-state index in [0.29, 0.717) is 10.1 Å². The van der Waals surface area contributed by atoms with E-state index in [9.17, 15) is 9.59 Å². The summed E-state index contributed by atoms with van der Waals surface area (Å²) in [5.41, 5.74) is 1.59. The van der Waals surface area contributed by atoms with Gasteiger partial charge in [-0.05, 0) is 24.3 Å². The Morgan fingerprint density at radius 3 is 2.16 bits per heavy atom. The van der Waals surface area contributed by atoms with E-state index >= 15 is 0 Å². The maximum Gasteiger partial charge on any atom is 0.249 e. The number of thioether (sulfide) groups is 2. The molecule has 2 fully saturated rings. The fourth-order valence-corrected chi connectivity index (χ4v) is 5.97. The molecular formula is C18H14N2O2S3. The van der Waals surface area contributed by atoms with Crippen LogP contribution in [0.5, 0.6) is 0 Å². The van der Waals surface area contributed by atoms with Gasteiger partial charge in [-0.15, -0.1) is 11.8 Å². The topological polar surface area (TPSA) is 40.6 Å². The molecule has 25 heavy (non-hydrogen) atoms. The van der Waals surface area contributed by atoms with Gasteiger partial charge in [0.05, 0.1) is 11.4 Å². The maximum atomic E-state index is 13.1. The van der Waals surface area contributed by atoms with Gasteiger partial charge in [-0.2, -0.15) is 0 Å². The van der Waals surface area contributed by atoms with Crippen LogP contribution in [0.1, 0.15) is 0 Å². The third-order valence-electron chi connectivity index (χ3n) is 4.08. The van der Waals surface area contributed by atoms with Crippen LogP contribution in [-0.4, -0.2) is 32.5 Å². The van der Waals surface area contributed by atoms with Crippen molar-refractivity contribution in [3.63, 3.8) is 0 Å². The van der Waals surface area contributed by atoms with Gasteiger partial charge in [0.1, 0.15) is 14.9 Å². The largest absolute Gasteiger partial charge is 0.298 e. The van der Waals surface area contributed by atoms with Crippen molar-refractivity contribution in [3.05, 3.63) is 60.7 Å². The average molecular weight is 387 g/mol. The quantitative estimate of drug-likeness (QED) is 0.755. The first kappa shape index (κ1) is 16.6. The Labute approximate surface area is 159 Å². The zero-order valence-electron chi connectivity index (χ0n) is 13.1. The van der Waals surface area contributed by atoms with E-state index in [2.05, 4.69) is 0 Å². The Kier molecular flexibility index (Phi) is 4.54. The summed E-state index contributed by atoms with van der Waals surface area (Å²) in [5.74, 6) is 0.343. The Balaban J connectivity index is 1.65. The number of benzene rings is 2. The molecule has 0 N–H and O–H groups in total. The summed E-state index contributed by atoms with van der Waals surface area (Å²) >= 11 is 8.32. The van der Waals surface area contributed by atoms with Crippen LogP contribution in [0.4, 0.5) is 11.4 Å². The van der Waals surface area contributed by atoms with Gasteiger partial charge < -0.3 is 0 Å². The van der Waals surface area contributed by atoms with Gasteiger partial charge in [-0.25, -0.2) is 0 Å². The van der Waals surface area contributed by atoms with Crippen LogP contribution in [0, 0.1) is 0 Å². The van der Waals surface area contributed by atoms with Crippen LogP contribution in [0.2, 0.25) is 0 Å². The van der Waals surface area contributed by atoms with Crippen molar-refractivity contribution in [1.82, 2.24) is 0 Å². The normalized spacial score (nSPS) is 23.6. The lowest BCUT2D eigenvalue weighted by molar-refractivity contribution is -0.117. The minimum absolute atomic E-state index is 0.0266. The lowest BCUT2D eigenvalue weighted by atomic mass is 10.2. The molecule has 126 valence electrons. The minimum atomic E-state index is -0.399. The molecule has 2 aromatic carbocycles. The van der Waals surface area contributed by atoms with Crippen LogP contribution in [-0.2, 0) is 9.59 Å². The van der Waals surface area contributed by atoms with Crippen molar-refractivity contribution >= 4 is 63.3 Å². The summed E-state index contributed by atoms with van der Waals surface area (Å²) < 4.78 is 0.536. The summed E-state index contributed by atoms with van der Waals surface area (Å²) in [7, 11) is 0.